The molecule has 0 spiro atoms. The van der Waals surface area contributed by atoms with Crippen molar-refractivity contribution in [1.82, 2.24) is 19.9 Å². The molecule has 0 bridgehead atoms. The number of carbonyl (C=O) groups is 1. The standard InChI is InChI=1S/C16H20N4O3/c1-11-7-13(18-9-17-11)3-4-14-8-20(5-6-22-14)16(21)15-12(2)23-10-19-15/h7,9-10,14H,3-6,8H2,1-2H3/t14-/m0/s1. The molecule has 0 unspecified atom stereocenters. The number of amides is 1. The molecule has 23 heavy (non-hydrogen) atoms. The first-order valence-corrected chi connectivity index (χ1v) is 7.72. The van der Waals surface area contributed by atoms with Gasteiger partial charge >= 0.3 is 0 Å². The summed E-state index contributed by atoms with van der Waals surface area (Å²) in [4.78, 5) is 26.6. The molecule has 2 aromatic rings. The molecule has 0 aliphatic carbocycles. The Balaban J connectivity index is 1.58. The fraction of sp³-hybridized carbons (Fsp3) is 0.500. The molecule has 0 N–H and O–H groups in total. The Kier molecular flexibility index (Phi) is 4.66. The summed E-state index contributed by atoms with van der Waals surface area (Å²) in [5.41, 5.74) is 2.34. The quantitative estimate of drug-likeness (QED) is 0.851. The van der Waals surface area contributed by atoms with Gasteiger partial charge in [-0.2, -0.15) is 0 Å². The highest BCUT2D eigenvalue weighted by Crippen LogP contribution is 2.15. The first-order valence-electron chi connectivity index (χ1n) is 7.72. The van der Waals surface area contributed by atoms with E-state index in [2.05, 4.69) is 15.0 Å². The summed E-state index contributed by atoms with van der Waals surface area (Å²) in [6.45, 7) is 5.37. The van der Waals surface area contributed by atoms with Crippen molar-refractivity contribution >= 4 is 5.91 Å². The number of hydrogen-bond donors (Lipinski definition) is 0. The maximum Gasteiger partial charge on any atom is 0.276 e. The number of ether oxygens (including phenoxy) is 1. The normalized spacial score (nSPS) is 18.2. The smallest absolute Gasteiger partial charge is 0.276 e. The van der Waals surface area contributed by atoms with Crippen molar-refractivity contribution in [2.24, 2.45) is 0 Å². The molecule has 0 aromatic carbocycles. The van der Waals surface area contributed by atoms with Crippen molar-refractivity contribution in [3.8, 4) is 0 Å². The van der Waals surface area contributed by atoms with Gasteiger partial charge in [0.25, 0.3) is 5.91 Å². The minimum atomic E-state index is -0.0950. The highest BCUT2D eigenvalue weighted by atomic mass is 16.5. The van der Waals surface area contributed by atoms with Crippen molar-refractivity contribution in [1.29, 1.82) is 0 Å². The van der Waals surface area contributed by atoms with Crippen molar-refractivity contribution in [3.63, 3.8) is 0 Å². The Hall–Kier alpha value is -2.28. The number of carbonyl (C=O) groups excluding carboxylic acids is 1. The van der Waals surface area contributed by atoms with Crippen molar-refractivity contribution in [2.45, 2.75) is 32.8 Å². The fourth-order valence-electron chi connectivity index (χ4n) is 2.69. The first-order chi connectivity index (χ1) is 11.1. The van der Waals surface area contributed by atoms with Crippen LogP contribution >= 0.6 is 0 Å². The second-order valence-electron chi connectivity index (χ2n) is 5.69. The molecule has 1 amide bonds. The van der Waals surface area contributed by atoms with Gasteiger partial charge in [-0.3, -0.25) is 4.79 Å². The Morgan fingerprint density at radius 3 is 2.96 bits per heavy atom. The molecule has 2 aromatic heterocycles. The monoisotopic (exact) mass is 316 g/mol. The van der Waals surface area contributed by atoms with Crippen LogP contribution in [-0.2, 0) is 11.2 Å². The minimum absolute atomic E-state index is 0.00942. The molecule has 1 saturated heterocycles. The van der Waals surface area contributed by atoms with Crippen LogP contribution in [0.25, 0.3) is 0 Å². The zero-order valence-electron chi connectivity index (χ0n) is 13.4. The van der Waals surface area contributed by atoms with Crippen LogP contribution in [0.1, 0.15) is 34.1 Å². The average Bonchev–Trinajstić information content (AvgIpc) is 2.99. The van der Waals surface area contributed by atoms with E-state index < -0.39 is 0 Å². The van der Waals surface area contributed by atoms with Gasteiger partial charge in [-0.15, -0.1) is 0 Å². The molecule has 0 radical (unpaired) electrons. The van der Waals surface area contributed by atoms with E-state index in [9.17, 15) is 4.79 Å². The SMILES string of the molecule is Cc1cc(CC[C@H]2CN(C(=O)c3ncoc3C)CCO2)ncn1. The average molecular weight is 316 g/mol. The van der Waals surface area contributed by atoms with Crippen molar-refractivity contribution < 1.29 is 13.9 Å². The van der Waals surface area contributed by atoms with Crippen LogP contribution in [0.2, 0.25) is 0 Å². The number of rotatable bonds is 4. The zero-order valence-corrected chi connectivity index (χ0v) is 13.4. The third-order valence-corrected chi connectivity index (χ3v) is 3.96. The first kappa shape index (κ1) is 15.6. The number of morpholine rings is 1. The molecule has 1 aliphatic heterocycles. The fourth-order valence-corrected chi connectivity index (χ4v) is 2.69. The molecular weight excluding hydrogens is 296 g/mol. The number of oxazole rings is 1. The number of aromatic nitrogens is 3. The Bertz CT molecular complexity index is 685. The Labute approximate surface area is 134 Å². The van der Waals surface area contributed by atoms with Gasteiger partial charge in [-0.05, 0) is 32.8 Å². The van der Waals surface area contributed by atoms with Crippen LogP contribution in [0, 0.1) is 13.8 Å². The van der Waals surface area contributed by atoms with E-state index in [1.807, 2.05) is 13.0 Å². The predicted molar refractivity (Wildman–Crippen MR) is 82.0 cm³/mol. The molecule has 1 atom stereocenters. The van der Waals surface area contributed by atoms with Crippen LogP contribution in [0.5, 0.6) is 0 Å². The molecular formula is C16H20N4O3. The molecule has 1 fully saturated rings. The molecule has 7 nitrogen and oxygen atoms in total. The summed E-state index contributed by atoms with van der Waals surface area (Å²) in [5, 5.41) is 0. The van der Waals surface area contributed by atoms with Gasteiger partial charge in [0, 0.05) is 24.5 Å². The van der Waals surface area contributed by atoms with Crippen LogP contribution in [-0.4, -0.2) is 51.6 Å². The maximum absolute atomic E-state index is 12.5. The maximum atomic E-state index is 12.5. The lowest BCUT2D eigenvalue weighted by molar-refractivity contribution is -0.0249. The van der Waals surface area contributed by atoms with E-state index in [1.165, 1.54) is 6.39 Å². The number of hydrogen-bond acceptors (Lipinski definition) is 6. The van der Waals surface area contributed by atoms with E-state index in [-0.39, 0.29) is 12.0 Å². The summed E-state index contributed by atoms with van der Waals surface area (Å²) in [6, 6.07) is 1.98. The van der Waals surface area contributed by atoms with Crippen molar-refractivity contribution in [2.75, 3.05) is 19.7 Å². The minimum Gasteiger partial charge on any atom is -0.448 e. The molecule has 7 heteroatoms. The van der Waals surface area contributed by atoms with Crippen LogP contribution in [0.4, 0.5) is 0 Å². The Morgan fingerprint density at radius 1 is 1.35 bits per heavy atom. The van der Waals surface area contributed by atoms with Crippen LogP contribution in [0.15, 0.2) is 23.2 Å². The molecule has 122 valence electrons. The van der Waals surface area contributed by atoms with E-state index in [0.29, 0.717) is 31.2 Å². The van der Waals surface area contributed by atoms with Gasteiger partial charge in [-0.25, -0.2) is 15.0 Å². The van der Waals surface area contributed by atoms with E-state index >= 15 is 0 Å². The largest absolute Gasteiger partial charge is 0.448 e. The lowest BCUT2D eigenvalue weighted by Crippen LogP contribution is -2.46. The number of nitrogens with zero attached hydrogens (tertiary/aromatic N) is 4. The van der Waals surface area contributed by atoms with Crippen LogP contribution in [0.3, 0.4) is 0 Å². The summed E-state index contributed by atoms with van der Waals surface area (Å²) >= 11 is 0. The summed E-state index contributed by atoms with van der Waals surface area (Å²) in [7, 11) is 0. The summed E-state index contributed by atoms with van der Waals surface area (Å²) in [6.07, 6.45) is 4.51. The van der Waals surface area contributed by atoms with Gasteiger partial charge in [-0.1, -0.05) is 0 Å². The summed E-state index contributed by atoms with van der Waals surface area (Å²) < 4.78 is 10.9. The van der Waals surface area contributed by atoms with Crippen LogP contribution < -0.4 is 0 Å². The zero-order chi connectivity index (χ0) is 16.2. The third-order valence-electron chi connectivity index (χ3n) is 3.96. The summed E-state index contributed by atoms with van der Waals surface area (Å²) in [5.74, 6) is 0.455. The Morgan fingerprint density at radius 2 is 2.22 bits per heavy atom. The van der Waals surface area contributed by atoms with Gasteiger partial charge in [0.05, 0.1) is 12.7 Å². The van der Waals surface area contributed by atoms with Gasteiger partial charge < -0.3 is 14.1 Å². The van der Waals surface area contributed by atoms with E-state index in [0.717, 1.165) is 24.2 Å². The second kappa shape index (κ2) is 6.87. The van der Waals surface area contributed by atoms with Gasteiger partial charge in [0.15, 0.2) is 12.1 Å². The van der Waals surface area contributed by atoms with Crippen molar-refractivity contribution in [3.05, 3.63) is 41.6 Å². The molecule has 3 rings (SSSR count). The number of aryl methyl sites for hydroxylation is 3. The third kappa shape index (κ3) is 3.73. The molecule has 1 aliphatic rings. The second-order valence-corrected chi connectivity index (χ2v) is 5.69. The highest BCUT2D eigenvalue weighted by Gasteiger charge is 2.27. The molecule has 0 saturated carbocycles. The van der Waals surface area contributed by atoms with Gasteiger partial charge in [0.1, 0.15) is 12.1 Å². The lowest BCUT2D eigenvalue weighted by atomic mass is 10.1. The van der Waals surface area contributed by atoms with E-state index in [4.69, 9.17) is 9.15 Å². The van der Waals surface area contributed by atoms with E-state index in [1.54, 1.807) is 18.2 Å². The lowest BCUT2D eigenvalue weighted by Gasteiger charge is -2.32. The topological polar surface area (TPSA) is 81.4 Å². The molecule has 3 heterocycles. The van der Waals surface area contributed by atoms with Gasteiger partial charge in [0.2, 0.25) is 0 Å². The highest BCUT2D eigenvalue weighted by molar-refractivity contribution is 5.93. The predicted octanol–water partition coefficient (Wildman–Crippen LogP) is 1.56.